The fourth-order valence-corrected chi connectivity index (χ4v) is 4.06. The van der Waals surface area contributed by atoms with E-state index in [-0.39, 0.29) is 0 Å². The molecule has 3 rings (SSSR count). The lowest BCUT2D eigenvalue weighted by molar-refractivity contribution is 0.220. The maximum atomic E-state index is 5.97. The second-order valence-corrected chi connectivity index (χ2v) is 6.78. The number of aromatic nitrogens is 2. The fraction of sp³-hybridized carbons (Fsp3) is 0.714. The number of hydrogen-bond donors (Lipinski definition) is 0. The van der Waals surface area contributed by atoms with Crippen molar-refractivity contribution in [3.63, 3.8) is 0 Å². The number of nitrogens with zero attached hydrogens (tertiary/aromatic N) is 2. The van der Waals surface area contributed by atoms with E-state index < -0.39 is 0 Å². The van der Waals surface area contributed by atoms with Crippen LogP contribution in [0.2, 0.25) is 5.28 Å². The van der Waals surface area contributed by atoms with Crippen LogP contribution in [0.25, 0.3) is 0 Å². The molecule has 1 aromatic rings. The monoisotopic (exact) mass is 298 g/mol. The molecule has 0 aromatic carbocycles. The SMILES string of the molecule is Clc1nc2c(c(OCC3CCCCCC3)n1)SCC2. The van der Waals surface area contributed by atoms with Gasteiger partial charge in [-0.05, 0) is 30.4 Å². The van der Waals surface area contributed by atoms with Crippen LogP contribution in [0, 0.1) is 5.92 Å². The van der Waals surface area contributed by atoms with Gasteiger partial charge in [0.05, 0.1) is 17.2 Å². The van der Waals surface area contributed by atoms with Crippen LogP contribution >= 0.6 is 23.4 Å². The number of fused-ring (bicyclic) bond motifs is 1. The van der Waals surface area contributed by atoms with Crippen LogP contribution in [0.3, 0.4) is 0 Å². The van der Waals surface area contributed by atoms with Crippen molar-refractivity contribution in [3.8, 4) is 5.88 Å². The molecule has 0 bridgehead atoms. The van der Waals surface area contributed by atoms with Gasteiger partial charge < -0.3 is 4.74 Å². The molecular formula is C14H19ClN2OS. The summed E-state index contributed by atoms with van der Waals surface area (Å²) >= 11 is 7.75. The van der Waals surface area contributed by atoms with Gasteiger partial charge in [0.2, 0.25) is 11.2 Å². The van der Waals surface area contributed by atoms with Crippen LogP contribution in [-0.4, -0.2) is 22.3 Å². The van der Waals surface area contributed by atoms with Crippen molar-refractivity contribution < 1.29 is 4.74 Å². The zero-order valence-corrected chi connectivity index (χ0v) is 12.6. The summed E-state index contributed by atoms with van der Waals surface area (Å²) < 4.78 is 5.97. The minimum absolute atomic E-state index is 0.317. The smallest absolute Gasteiger partial charge is 0.232 e. The molecule has 0 spiro atoms. The Balaban J connectivity index is 1.66. The Morgan fingerprint density at radius 2 is 1.95 bits per heavy atom. The summed E-state index contributed by atoms with van der Waals surface area (Å²) in [4.78, 5) is 9.65. The highest BCUT2D eigenvalue weighted by Gasteiger charge is 2.22. The molecule has 2 aliphatic rings. The molecule has 1 saturated carbocycles. The van der Waals surface area contributed by atoms with Crippen molar-refractivity contribution in [2.24, 2.45) is 5.92 Å². The molecule has 3 nitrogen and oxygen atoms in total. The molecule has 1 aliphatic carbocycles. The van der Waals surface area contributed by atoms with E-state index in [9.17, 15) is 0 Å². The number of rotatable bonds is 3. The number of halogens is 1. The molecule has 1 aliphatic heterocycles. The standard InChI is InChI=1S/C14H19ClN2OS/c15-14-16-11-7-8-19-12(11)13(17-14)18-9-10-5-3-1-2-4-6-10/h10H,1-9H2. The first-order chi connectivity index (χ1) is 9.33. The van der Waals surface area contributed by atoms with Gasteiger partial charge >= 0.3 is 0 Å². The maximum absolute atomic E-state index is 5.97. The summed E-state index contributed by atoms with van der Waals surface area (Å²) in [5.74, 6) is 2.45. The van der Waals surface area contributed by atoms with Gasteiger partial charge in [0.25, 0.3) is 0 Å². The van der Waals surface area contributed by atoms with Crippen LogP contribution in [0.4, 0.5) is 0 Å². The van der Waals surface area contributed by atoms with E-state index in [1.165, 1.54) is 38.5 Å². The molecule has 0 amide bonds. The Morgan fingerprint density at radius 3 is 2.74 bits per heavy atom. The van der Waals surface area contributed by atoms with Crippen molar-refractivity contribution in [2.75, 3.05) is 12.4 Å². The lowest BCUT2D eigenvalue weighted by Crippen LogP contribution is -2.12. The summed E-state index contributed by atoms with van der Waals surface area (Å²) in [5.41, 5.74) is 1.06. The number of ether oxygens (including phenoxy) is 1. The maximum Gasteiger partial charge on any atom is 0.232 e. The molecule has 1 fully saturated rings. The van der Waals surface area contributed by atoms with Crippen molar-refractivity contribution in [2.45, 2.75) is 49.8 Å². The predicted molar refractivity (Wildman–Crippen MR) is 78.2 cm³/mol. The zero-order valence-electron chi connectivity index (χ0n) is 11.0. The van der Waals surface area contributed by atoms with Crippen molar-refractivity contribution >= 4 is 23.4 Å². The second kappa shape index (κ2) is 6.31. The van der Waals surface area contributed by atoms with Crippen molar-refractivity contribution in [1.82, 2.24) is 9.97 Å². The van der Waals surface area contributed by atoms with Gasteiger partial charge in [-0.25, -0.2) is 4.98 Å². The fourth-order valence-electron chi connectivity index (χ4n) is 2.83. The lowest BCUT2D eigenvalue weighted by atomic mass is 10.0. The quantitative estimate of drug-likeness (QED) is 0.621. The molecule has 0 N–H and O–H groups in total. The normalized spacial score (nSPS) is 20.1. The van der Waals surface area contributed by atoms with E-state index in [1.807, 2.05) is 0 Å². The first-order valence-electron chi connectivity index (χ1n) is 7.15. The van der Waals surface area contributed by atoms with Crippen LogP contribution < -0.4 is 4.74 Å². The number of aryl methyl sites for hydroxylation is 1. The second-order valence-electron chi connectivity index (χ2n) is 5.34. The highest BCUT2D eigenvalue weighted by Crippen LogP contribution is 2.37. The first kappa shape index (κ1) is 13.5. The van der Waals surface area contributed by atoms with Crippen LogP contribution in [0.15, 0.2) is 4.90 Å². The summed E-state index contributed by atoms with van der Waals surface area (Å²) in [6.07, 6.45) is 8.98. The van der Waals surface area contributed by atoms with Crippen LogP contribution in [-0.2, 0) is 6.42 Å². The summed E-state index contributed by atoms with van der Waals surface area (Å²) in [5, 5.41) is 0.317. The minimum Gasteiger partial charge on any atom is -0.476 e. The van der Waals surface area contributed by atoms with Crippen molar-refractivity contribution in [3.05, 3.63) is 11.0 Å². The minimum atomic E-state index is 0.317. The highest BCUT2D eigenvalue weighted by atomic mass is 35.5. The topological polar surface area (TPSA) is 35.0 Å². The summed E-state index contributed by atoms with van der Waals surface area (Å²) in [6, 6.07) is 0. The molecule has 0 atom stereocenters. The third-order valence-corrected chi connectivity index (χ3v) is 5.17. The van der Waals surface area contributed by atoms with Gasteiger partial charge in [0.1, 0.15) is 0 Å². The molecule has 0 saturated heterocycles. The lowest BCUT2D eigenvalue weighted by Gasteiger charge is -2.15. The average molecular weight is 299 g/mol. The van der Waals surface area contributed by atoms with Gasteiger partial charge in [0, 0.05) is 12.2 Å². The molecule has 2 heterocycles. The molecule has 0 radical (unpaired) electrons. The number of thioether (sulfide) groups is 1. The Bertz CT molecular complexity index is 447. The molecule has 19 heavy (non-hydrogen) atoms. The predicted octanol–water partition coefficient (Wildman–Crippen LogP) is 4.13. The summed E-state index contributed by atoms with van der Waals surface area (Å²) in [7, 11) is 0. The van der Waals surface area contributed by atoms with E-state index in [0.717, 1.165) is 29.4 Å². The average Bonchev–Trinajstić information content (AvgIpc) is 2.71. The van der Waals surface area contributed by atoms with Gasteiger partial charge in [-0.1, -0.05) is 25.7 Å². The third-order valence-electron chi connectivity index (χ3n) is 3.89. The first-order valence-corrected chi connectivity index (χ1v) is 8.51. The Morgan fingerprint density at radius 1 is 1.16 bits per heavy atom. The molecule has 0 unspecified atom stereocenters. The van der Waals surface area contributed by atoms with Crippen LogP contribution in [0.1, 0.15) is 44.2 Å². The Kier molecular flexibility index (Phi) is 4.49. The van der Waals surface area contributed by atoms with Crippen LogP contribution in [0.5, 0.6) is 5.88 Å². The van der Waals surface area contributed by atoms with Crippen molar-refractivity contribution in [1.29, 1.82) is 0 Å². The van der Waals surface area contributed by atoms with Gasteiger partial charge in [-0.3, -0.25) is 0 Å². The molecular weight excluding hydrogens is 280 g/mol. The van der Waals surface area contributed by atoms with E-state index >= 15 is 0 Å². The molecule has 104 valence electrons. The van der Waals surface area contributed by atoms with E-state index in [4.69, 9.17) is 16.3 Å². The summed E-state index contributed by atoms with van der Waals surface area (Å²) in [6.45, 7) is 0.778. The number of hydrogen-bond acceptors (Lipinski definition) is 4. The molecule has 1 aromatic heterocycles. The van der Waals surface area contributed by atoms with Gasteiger partial charge in [-0.15, -0.1) is 11.8 Å². The third kappa shape index (κ3) is 3.34. The Labute approximate surface area is 123 Å². The highest BCUT2D eigenvalue weighted by molar-refractivity contribution is 7.99. The van der Waals surface area contributed by atoms with E-state index in [1.54, 1.807) is 11.8 Å². The van der Waals surface area contributed by atoms with E-state index in [2.05, 4.69) is 9.97 Å². The largest absolute Gasteiger partial charge is 0.476 e. The van der Waals surface area contributed by atoms with Gasteiger partial charge in [-0.2, -0.15) is 4.98 Å². The molecule has 5 heteroatoms. The Hall–Kier alpha value is -0.480. The zero-order chi connectivity index (χ0) is 13.1. The van der Waals surface area contributed by atoms with Gasteiger partial charge in [0.15, 0.2) is 0 Å². The van der Waals surface area contributed by atoms with E-state index in [0.29, 0.717) is 17.1 Å².